The summed E-state index contributed by atoms with van der Waals surface area (Å²) in [7, 11) is -3.16. The zero-order chi connectivity index (χ0) is 14.3. The molecule has 0 amide bonds. The summed E-state index contributed by atoms with van der Waals surface area (Å²) in [6.45, 7) is 2.01. The molecule has 1 aliphatic heterocycles. The molecule has 104 valence electrons. The largest absolute Gasteiger partial charge is 0.377 e. The second-order valence-electron chi connectivity index (χ2n) is 4.98. The molecule has 2 aromatic carbocycles. The van der Waals surface area contributed by atoms with E-state index < -0.39 is 9.84 Å². The van der Waals surface area contributed by atoms with Gasteiger partial charge in [0.1, 0.15) is 0 Å². The van der Waals surface area contributed by atoms with E-state index in [9.17, 15) is 8.42 Å². The molecule has 20 heavy (non-hydrogen) atoms. The van der Waals surface area contributed by atoms with E-state index in [1.807, 2.05) is 37.3 Å². The van der Waals surface area contributed by atoms with Crippen LogP contribution < -0.4 is 5.32 Å². The minimum atomic E-state index is -3.16. The van der Waals surface area contributed by atoms with Crippen molar-refractivity contribution >= 4 is 31.5 Å². The van der Waals surface area contributed by atoms with Crippen LogP contribution >= 0.6 is 15.9 Å². The van der Waals surface area contributed by atoms with Crippen LogP contribution in [0.3, 0.4) is 0 Å². The van der Waals surface area contributed by atoms with Crippen molar-refractivity contribution in [3.05, 3.63) is 58.1 Å². The minimum absolute atomic E-state index is 0.113. The van der Waals surface area contributed by atoms with E-state index in [1.54, 1.807) is 12.1 Å². The molecule has 2 aromatic rings. The van der Waals surface area contributed by atoms with Crippen molar-refractivity contribution in [1.29, 1.82) is 0 Å². The lowest BCUT2D eigenvalue weighted by molar-refractivity contribution is 0.598. The number of hydrogen-bond acceptors (Lipinski definition) is 3. The summed E-state index contributed by atoms with van der Waals surface area (Å²) >= 11 is 3.46. The predicted molar refractivity (Wildman–Crippen MR) is 83.7 cm³/mol. The first-order valence-corrected chi connectivity index (χ1v) is 8.76. The Balaban J connectivity index is 1.95. The third-order valence-corrected chi connectivity index (χ3v) is 6.22. The molecule has 0 spiro atoms. The number of benzene rings is 2. The van der Waals surface area contributed by atoms with Crippen LogP contribution in [0, 0.1) is 6.92 Å². The Morgan fingerprint density at radius 1 is 1.20 bits per heavy atom. The van der Waals surface area contributed by atoms with Gasteiger partial charge in [0.2, 0.25) is 0 Å². The fourth-order valence-corrected chi connectivity index (χ4v) is 4.49. The van der Waals surface area contributed by atoms with Crippen LogP contribution in [0.4, 0.5) is 5.69 Å². The number of nitrogens with one attached hydrogen (secondary N) is 1. The standard InChI is InChI=1S/C15H14BrNO2S/c1-10-8-11(6-7-13(10)16)17-14-9-20(18,19)15-5-3-2-4-12(14)15/h2-8,14,17H,9H2,1H3. The predicted octanol–water partition coefficient (Wildman–Crippen LogP) is 3.70. The summed E-state index contributed by atoms with van der Waals surface area (Å²) in [6, 6.07) is 12.9. The molecule has 0 saturated heterocycles. The molecule has 1 aliphatic rings. The van der Waals surface area contributed by atoms with E-state index in [4.69, 9.17) is 0 Å². The SMILES string of the molecule is Cc1cc(NC2CS(=O)(=O)c3ccccc32)ccc1Br. The third kappa shape index (κ3) is 2.36. The van der Waals surface area contributed by atoms with Crippen LogP contribution in [-0.4, -0.2) is 14.2 Å². The zero-order valence-electron chi connectivity index (χ0n) is 10.9. The van der Waals surface area contributed by atoms with E-state index in [1.165, 1.54) is 0 Å². The minimum Gasteiger partial charge on any atom is -0.377 e. The molecule has 1 unspecified atom stereocenters. The average Bonchev–Trinajstić information content (AvgIpc) is 2.66. The Bertz CT molecular complexity index is 771. The molecule has 0 aliphatic carbocycles. The van der Waals surface area contributed by atoms with Crippen LogP contribution in [0.1, 0.15) is 17.2 Å². The van der Waals surface area contributed by atoms with Crippen molar-refractivity contribution in [3.8, 4) is 0 Å². The third-order valence-electron chi connectivity index (χ3n) is 3.51. The van der Waals surface area contributed by atoms with Crippen LogP contribution in [0.25, 0.3) is 0 Å². The summed E-state index contributed by atoms with van der Waals surface area (Å²) in [6.07, 6.45) is 0. The number of hydrogen-bond donors (Lipinski definition) is 1. The molecule has 0 aromatic heterocycles. The van der Waals surface area contributed by atoms with Crippen molar-refractivity contribution in [3.63, 3.8) is 0 Å². The first-order valence-electron chi connectivity index (χ1n) is 6.32. The Hall–Kier alpha value is -1.33. The topological polar surface area (TPSA) is 46.2 Å². The van der Waals surface area contributed by atoms with Crippen molar-refractivity contribution in [2.45, 2.75) is 17.9 Å². The van der Waals surface area contributed by atoms with Gasteiger partial charge in [-0.2, -0.15) is 0 Å². The van der Waals surface area contributed by atoms with E-state index >= 15 is 0 Å². The van der Waals surface area contributed by atoms with Gasteiger partial charge in [-0.1, -0.05) is 34.1 Å². The van der Waals surface area contributed by atoms with Crippen LogP contribution in [0.5, 0.6) is 0 Å². The number of fused-ring (bicyclic) bond motifs is 1. The molecular weight excluding hydrogens is 338 g/mol. The van der Waals surface area contributed by atoms with Gasteiger partial charge in [0.25, 0.3) is 0 Å². The lowest BCUT2D eigenvalue weighted by Crippen LogP contribution is -2.12. The summed E-state index contributed by atoms with van der Waals surface area (Å²) < 4.78 is 25.3. The summed E-state index contributed by atoms with van der Waals surface area (Å²) in [5, 5.41) is 3.32. The van der Waals surface area contributed by atoms with Crippen molar-refractivity contribution in [2.24, 2.45) is 0 Å². The molecule has 1 N–H and O–H groups in total. The summed E-state index contributed by atoms with van der Waals surface area (Å²) in [5.41, 5.74) is 2.90. The second kappa shape index (κ2) is 4.90. The lowest BCUT2D eigenvalue weighted by atomic mass is 10.1. The number of sulfone groups is 1. The maximum atomic E-state index is 12.1. The monoisotopic (exact) mass is 351 g/mol. The van der Waals surface area contributed by atoms with Gasteiger partial charge in [-0.25, -0.2) is 8.42 Å². The van der Waals surface area contributed by atoms with E-state index in [-0.39, 0.29) is 11.8 Å². The van der Waals surface area contributed by atoms with Crippen LogP contribution in [0.15, 0.2) is 51.8 Å². The number of aryl methyl sites for hydroxylation is 1. The van der Waals surface area contributed by atoms with Gasteiger partial charge < -0.3 is 5.32 Å². The fourth-order valence-electron chi connectivity index (χ4n) is 2.51. The van der Waals surface area contributed by atoms with Crippen molar-refractivity contribution < 1.29 is 8.42 Å². The van der Waals surface area contributed by atoms with Gasteiger partial charge in [0, 0.05) is 10.2 Å². The van der Waals surface area contributed by atoms with Gasteiger partial charge in [-0.3, -0.25) is 0 Å². The molecule has 0 bridgehead atoms. The highest BCUT2D eigenvalue weighted by atomic mass is 79.9. The number of anilines is 1. The molecule has 1 atom stereocenters. The van der Waals surface area contributed by atoms with Gasteiger partial charge in [0.05, 0.1) is 16.7 Å². The molecule has 5 heteroatoms. The van der Waals surface area contributed by atoms with Gasteiger partial charge in [0.15, 0.2) is 9.84 Å². The van der Waals surface area contributed by atoms with E-state index in [0.29, 0.717) is 4.90 Å². The van der Waals surface area contributed by atoms with Crippen LogP contribution in [0.2, 0.25) is 0 Å². The normalized spacial score (nSPS) is 19.6. The first kappa shape index (κ1) is 13.6. The molecule has 3 nitrogen and oxygen atoms in total. The smallest absolute Gasteiger partial charge is 0.181 e. The Labute approximate surface area is 127 Å². The number of halogens is 1. The molecular formula is C15H14BrNO2S. The maximum Gasteiger partial charge on any atom is 0.181 e. The molecule has 0 radical (unpaired) electrons. The molecule has 3 rings (SSSR count). The summed E-state index contributed by atoms with van der Waals surface area (Å²) in [4.78, 5) is 0.450. The average molecular weight is 352 g/mol. The number of rotatable bonds is 2. The van der Waals surface area contributed by atoms with Crippen molar-refractivity contribution in [1.82, 2.24) is 0 Å². The highest BCUT2D eigenvalue weighted by Gasteiger charge is 2.34. The molecule has 0 saturated carbocycles. The summed E-state index contributed by atoms with van der Waals surface area (Å²) in [5.74, 6) is 0.113. The van der Waals surface area contributed by atoms with Crippen LogP contribution in [-0.2, 0) is 9.84 Å². The van der Waals surface area contributed by atoms with Gasteiger partial charge in [-0.05, 0) is 42.3 Å². The van der Waals surface area contributed by atoms with Crippen molar-refractivity contribution in [2.75, 3.05) is 11.1 Å². The Morgan fingerprint density at radius 2 is 1.95 bits per heavy atom. The Morgan fingerprint density at radius 3 is 2.70 bits per heavy atom. The van der Waals surface area contributed by atoms with E-state index in [2.05, 4.69) is 21.2 Å². The first-order chi connectivity index (χ1) is 9.47. The highest BCUT2D eigenvalue weighted by Crippen LogP contribution is 2.35. The fraction of sp³-hybridized carbons (Fsp3) is 0.200. The Kier molecular flexibility index (Phi) is 3.34. The second-order valence-corrected chi connectivity index (χ2v) is 7.84. The quantitative estimate of drug-likeness (QED) is 0.897. The van der Waals surface area contributed by atoms with Gasteiger partial charge in [-0.15, -0.1) is 0 Å². The zero-order valence-corrected chi connectivity index (χ0v) is 13.3. The highest BCUT2D eigenvalue weighted by molar-refractivity contribution is 9.10. The van der Waals surface area contributed by atoms with E-state index in [0.717, 1.165) is 21.3 Å². The molecule has 0 fully saturated rings. The lowest BCUT2D eigenvalue weighted by Gasteiger charge is -2.15. The molecule has 1 heterocycles. The maximum absolute atomic E-state index is 12.1. The van der Waals surface area contributed by atoms with Gasteiger partial charge >= 0.3 is 0 Å².